The first kappa shape index (κ1) is 17.4. The van der Waals surface area contributed by atoms with E-state index in [4.69, 9.17) is 0 Å². The Kier molecular flexibility index (Phi) is 6.13. The molecule has 1 unspecified atom stereocenters. The third kappa shape index (κ3) is 4.78. The van der Waals surface area contributed by atoms with Gasteiger partial charge in [-0.2, -0.15) is 0 Å². The van der Waals surface area contributed by atoms with Gasteiger partial charge in [0.25, 0.3) is 0 Å². The lowest BCUT2D eigenvalue weighted by Crippen LogP contribution is -2.50. The maximum atomic E-state index is 13.0. The first-order chi connectivity index (χ1) is 11.0. The van der Waals surface area contributed by atoms with Crippen LogP contribution in [0.5, 0.6) is 0 Å². The van der Waals surface area contributed by atoms with E-state index < -0.39 is 0 Å². The van der Waals surface area contributed by atoms with E-state index in [2.05, 4.69) is 0 Å². The van der Waals surface area contributed by atoms with Gasteiger partial charge in [-0.1, -0.05) is 26.0 Å². The summed E-state index contributed by atoms with van der Waals surface area (Å²) in [4.78, 5) is 27.9. The molecule has 2 rings (SSSR count). The van der Waals surface area contributed by atoms with E-state index in [1.165, 1.54) is 12.1 Å². The normalized spacial score (nSPS) is 16.3. The average Bonchev–Trinajstić information content (AvgIpc) is 2.55. The van der Waals surface area contributed by atoms with Crippen LogP contribution in [0, 0.1) is 5.82 Å². The Morgan fingerprint density at radius 3 is 2.09 bits per heavy atom. The first-order valence-corrected chi connectivity index (χ1v) is 8.32. The summed E-state index contributed by atoms with van der Waals surface area (Å²) in [6, 6.07) is 6.31. The highest BCUT2D eigenvalue weighted by atomic mass is 19.1. The summed E-state index contributed by atoms with van der Waals surface area (Å²) < 4.78 is 13.0. The minimum absolute atomic E-state index is 0.0582. The molecule has 1 aromatic rings. The zero-order chi connectivity index (χ0) is 16.8. The quantitative estimate of drug-likeness (QED) is 0.837. The van der Waals surface area contributed by atoms with Crippen molar-refractivity contribution in [2.24, 2.45) is 0 Å². The van der Waals surface area contributed by atoms with Gasteiger partial charge in [0.1, 0.15) is 5.82 Å². The minimum Gasteiger partial charge on any atom is -0.339 e. The molecule has 2 amide bonds. The first-order valence-electron chi connectivity index (χ1n) is 8.32. The highest BCUT2D eigenvalue weighted by molar-refractivity contribution is 5.79. The standard InChI is InChI=1S/C18H25FN2O2/c1-3-4-17(22)20-9-11-21(12-10-20)18(23)13-14(2)15-5-7-16(19)8-6-15/h5-8,14H,3-4,9-13H2,1-2H3. The van der Waals surface area contributed by atoms with Crippen molar-refractivity contribution in [3.05, 3.63) is 35.6 Å². The van der Waals surface area contributed by atoms with Crippen LogP contribution in [0.15, 0.2) is 24.3 Å². The summed E-state index contributed by atoms with van der Waals surface area (Å²) in [5.41, 5.74) is 0.969. The van der Waals surface area contributed by atoms with Crippen LogP contribution in [0.1, 0.15) is 44.6 Å². The van der Waals surface area contributed by atoms with E-state index in [0.29, 0.717) is 39.0 Å². The Balaban J connectivity index is 1.83. The van der Waals surface area contributed by atoms with Gasteiger partial charge < -0.3 is 9.80 Å². The van der Waals surface area contributed by atoms with Crippen molar-refractivity contribution in [2.45, 2.75) is 39.0 Å². The second-order valence-corrected chi connectivity index (χ2v) is 6.17. The van der Waals surface area contributed by atoms with Gasteiger partial charge in [0.15, 0.2) is 0 Å². The maximum absolute atomic E-state index is 13.0. The lowest BCUT2D eigenvalue weighted by molar-refractivity contribution is -0.139. The van der Waals surface area contributed by atoms with Crippen molar-refractivity contribution in [2.75, 3.05) is 26.2 Å². The molecular weight excluding hydrogens is 295 g/mol. The van der Waals surface area contributed by atoms with Crippen molar-refractivity contribution in [3.63, 3.8) is 0 Å². The molecule has 1 aliphatic heterocycles. The van der Waals surface area contributed by atoms with E-state index in [-0.39, 0.29) is 23.5 Å². The lowest BCUT2D eigenvalue weighted by atomic mass is 9.97. The number of carbonyl (C=O) groups excluding carboxylic acids is 2. The van der Waals surface area contributed by atoms with E-state index in [1.54, 1.807) is 12.1 Å². The molecule has 4 nitrogen and oxygen atoms in total. The number of carbonyl (C=O) groups is 2. The fourth-order valence-corrected chi connectivity index (χ4v) is 2.88. The molecule has 1 heterocycles. The van der Waals surface area contributed by atoms with Gasteiger partial charge in [0.05, 0.1) is 0 Å². The minimum atomic E-state index is -0.264. The molecule has 0 aromatic heterocycles. The van der Waals surface area contributed by atoms with Crippen LogP contribution < -0.4 is 0 Å². The van der Waals surface area contributed by atoms with E-state index in [9.17, 15) is 14.0 Å². The molecular formula is C18H25FN2O2. The van der Waals surface area contributed by atoms with Gasteiger partial charge in [-0.25, -0.2) is 4.39 Å². The number of benzene rings is 1. The molecule has 126 valence electrons. The van der Waals surface area contributed by atoms with Crippen molar-refractivity contribution in [3.8, 4) is 0 Å². The van der Waals surface area contributed by atoms with Crippen molar-refractivity contribution >= 4 is 11.8 Å². The van der Waals surface area contributed by atoms with Crippen LogP contribution in [-0.2, 0) is 9.59 Å². The fourth-order valence-electron chi connectivity index (χ4n) is 2.88. The number of halogens is 1. The Labute approximate surface area is 137 Å². The molecule has 0 spiro atoms. The Morgan fingerprint density at radius 1 is 1.04 bits per heavy atom. The Bertz CT molecular complexity index is 536. The van der Waals surface area contributed by atoms with Gasteiger partial charge in [0, 0.05) is 39.0 Å². The summed E-state index contributed by atoms with van der Waals surface area (Å²) in [7, 11) is 0. The number of nitrogens with zero attached hydrogens (tertiary/aromatic N) is 2. The fraction of sp³-hybridized carbons (Fsp3) is 0.556. The summed E-state index contributed by atoms with van der Waals surface area (Å²) in [6.07, 6.45) is 1.84. The van der Waals surface area contributed by atoms with E-state index in [0.717, 1.165) is 12.0 Å². The largest absolute Gasteiger partial charge is 0.339 e. The van der Waals surface area contributed by atoms with Crippen molar-refractivity contribution in [1.82, 2.24) is 9.80 Å². The summed E-state index contributed by atoms with van der Waals surface area (Å²) in [6.45, 7) is 6.42. The third-order valence-corrected chi connectivity index (χ3v) is 4.37. The summed E-state index contributed by atoms with van der Waals surface area (Å²) >= 11 is 0. The molecule has 1 aromatic carbocycles. The number of rotatable bonds is 5. The topological polar surface area (TPSA) is 40.6 Å². The van der Waals surface area contributed by atoms with E-state index in [1.807, 2.05) is 23.6 Å². The van der Waals surface area contributed by atoms with E-state index >= 15 is 0 Å². The molecule has 0 radical (unpaired) electrons. The van der Waals surface area contributed by atoms with Crippen LogP contribution in [0.25, 0.3) is 0 Å². The Hall–Kier alpha value is -1.91. The van der Waals surface area contributed by atoms with Crippen molar-refractivity contribution < 1.29 is 14.0 Å². The summed E-state index contributed by atoms with van der Waals surface area (Å²) in [5, 5.41) is 0. The van der Waals surface area contributed by atoms with Crippen LogP contribution in [0.4, 0.5) is 4.39 Å². The zero-order valence-corrected chi connectivity index (χ0v) is 13.9. The second kappa shape index (κ2) is 8.09. The highest BCUT2D eigenvalue weighted by Gasteiger charge is 2.24. The predicted molar refractivity (Wildman–Crippen MR) is 87.5 cm³/mol. The smallest absolute Gasteiger partial charge is 0.223 e. The highest BCUT2D eigenvalue weighted by Crippen LogP contribution is 2.21. The van der Waals surface area contributed by atoms with Crippen LogP contribution in [0.3, 0.4) is 0 Å². The number of hydrogen-bond donors (Lipinski definition) is 0. The average molecular weight is 320 g/mol. The molecule has 1 aliphatic rings. The Morgan fingerprint density at radius 2 is 1.57 bits per heavy atom. The molecule has 1 fully saturated rings. The molecule has 0 N–H and O–H groups in total. The van der Waals surface area contributed by atoms with Gasteiger partial charge in [-0.15, -0.1) is 0 Å². The predicted octanol–water partition coefficient (Wildman–Crippen LogP) is 2.79. The number of hydrogen-bond acceptors (Lipinski definition) is 2. The molecule has 0 aliphatic carbocycles. The summed E-state index contributed by atoms with van der Waals surface area (Å²) in [5.74, 6) is 0.0756. The molecule has 1 saturated heterocycles. The monoisotopic (exact) mass is 320 g/mol. The molecule has 5 heteroatoms. The molecule has 23 heavy (non-hydrogen) atoms. The van der Waals surface area contributed by atoms with Crippen LogP contribution in [-0.4, -0.2) is 47.8 Å². The third-order valence-electron chi connectivity index (χ3n) is 4.37. The molecule has 0 bridgehead atoms. The molecule has 1 atom stereocenters. The van der Waals surface area contributed by atoms with Gasteiger partial charge in [-0.05, 0) is 30.0 Å². The molecule has 0 saturated carbocycles. The SMILES string of the molecule is CCCC(=O)N1CCN(C(=O)CC(C)c2ccc(F)cc2)CC1. The number of amides is 2. The van der Waals surface area contributed by atoms with Crippen LogP contribution >= 0.6 is 0 Å². The second-order valence-electron chi connectivity index (χ2n) is 6.17. The van der Waals surface area contributed by atoms with Crippen LogP contribution in [0.2, 0.25) is 0 Å². The number of piperazine rings is 1. The maximum Gasteiger partial charge on any atom is 0.223 e. The van der Waals surface area contributed by atoms with Gasteiger partial charge >= 0.3 is 0 Å². The van der Waals surface area contributed by atoms with Gasteiger partial charge in [-0.3, -0.25) is 9.59 Å². The van der Waals surface area contributed by atoms with Crippen molar-refractivity contribution in [1.29, 1.82) is 0 Å². The lowest BCUT2D eigenvalue weighted by Gasteiger charge is -2.35. The van der Waals surface area contributed by atoms with Gasteiger partial charge in [0.2, 0.25) is 11.8 Å². The zero-order valence-electron chi connectivity index (χ0n) is 13.9.